The smallest absolute Gasteiger partial charge is 0.416 e. The highest BCUT2D eigenvalue weighted by Crippen LogP contribution is 2.33. The number of carboxylic acids is 1. The van der Waals surface area contributed by atoms with E-state index in [1.54, 1.807) is 17.5 Å². The number of halogens is 3. The lowest BCUT2D eigenvalue weighted by atomic mass is 10.0. The fraction of sp³-hybridized carbons (Fsp3) is 0.143. The van der Waals surface area contributed by atoms with Crippen LogP contribution in [0.2, 0.25) is 0 Å². The molecule has 0 aliphatic rings. The first-order valence-electron chi connectivity index (χ1n) is 9.28. The van der Waals surface area contributed by atoms with Gasteiger partial charge in [-0.3, -0.25) is 14.0 Å². The Morgan fingerprint density at radius 2 is 2.00 bits per heavy atom. The summed E-state index contributed by atoms with van der Waals surface area (Å²) in [5.74, 6) is -2.32. The SMILES string of the molecule is N#Cc1ccc(Cn2cc(Cn3c(=O)c(O)c(C(=O)O)c4sccc43)cn2)c(C(F)(F)F)c1. The van der Waals surface area contributed by atoms with Crippen molar-refractivity contribution in [3.63, 3.8) is 0 Å². The van der Waals surface area contributed by atoms with Crippen molar-refractivity contribution in [3.05, 3.63) is 80.2 Å². The zero-order chi connectivity index (χ0) is 23.9. The molecule has 168 valence electrons. The molecule has 0 saturated carbocycles. The Kier molecular flexibility index (Phi) is 5.43. The summed E-state index contributed by atoms with van der Waals surface area (Å²) in [5.41, 5.74) is -1.76. The third-order valence-corrected chi connectivity index (χ3v) is 5.89. The van der Waals surface area contributed by atoms with E-state index in [9.17, 15) is 33.0 Å². The maximum absolute atomic E-state index is 13.4. The molecule has 1 aromatic carbocycles. The van der Waals surface area contributed by atoms with Crippen LogP contribution in [0.1, 0.15) is 32.6 Å². The van der Waals surface area contributed by atoms with E-state index in [1.165, 1.54) is 33.8 Å². The molecule has 8 nitrogen and oxygen atoms in total. The van der Waals surface area contributed by atoms with Crippen molar-refractivity contribution in [1.82, 2.24) is 14.3 Å². The van der Waals surface area contributed by atoms with Gasteiger partial charge in [0.05, 0.1) is 46.7 Å². The Morgan fingerprint density at radius 1 is 1.24 bits per heavy atom. The number of aromatic nitrogens is 3. The molecule has 12 heteroatoms. The maximum atomic E-state index is 13.4. The summed E-state index contributed by atoms with van der Waals surface area (Å²) in [6.07, 6.45) is -1.84. The predicted molar refractivity (Wildman–Crippen MR) is 111 cm³/mol. The van der Waals surface area contributed by atoms with Crippen LogP contribution in [0.25, 0.3) is 10.2 Å². The van der Waals surface area contributed by atoms with Crippen LogP contribution >= 0.6 is 11.3 Å². The monoisotopic (exact) mass is 474 g/mol. The van der Waals surface area contributed by atoms with Gasteiger partial charge in [-0.05, 0) is 29.1 Å². The summed E-state index contributed by atoms with van der Waals surface area (Å²) < 4.78 is 42.9. The average Bonchev–Trinajstić information content (AvgIpc) is 3.40. The van der Waals surface area contributed by atoms with Crippen LogP contribution in [-0.2, 0) is 19.3 Å². The minimum Gasteiger partial charge on any atom is -0.502 e. The summed E-state index contributed by atoms with van der Waals surface area (Å²) in [6.45, 7) is -0.314. The zero-order valence-electron chi connectivity index (χ0n) is 16.5. The molecular weight excluding hydrogens is 461 g/mol. The number of pyridine rings is 1. The number of alkyl halides is 3. The van der Waals surface area contributed by atoms with Gasteiger partial charge in [-0.1, -0.05) is 6.07 Å². The van der Waals surface area contributed by atoms with Crippen LogP contribution in [0.5, 0.6) is 5.75 Å². The van der Waals surface area contributed by atoms with Crippen LogP contribution in [0, 0.1) is 11.3 Å². The van der Waals surface area contributed by atoms with Gasteiger partial charge in [-0.25, -0.2) is 4.79 Å². The molecule has 33 heavy (non-hydrogen) atoms. The number of carbonyl (C=O) groups is 1. The first-order valence-corrected chi connectivity index (χ1v) is 10.2. The molecule has 0 saturated heterocycles. The van der Waals surface area contributed by atoms with Crippen LogP contribution < -0.4 is 5.56 Å². The lowest BCUT2D eigenvalue weighted by molar-refractivity contribution is -0.138. The minimum absolute atomic E-state index is 0.0843. The van der Waals surface area contributed by atoms with E-state index in [2.05, 4.69) is 5.10 Å². The van der Waals surface area contributed by atoms with Gasteiger partial charge in [0.1, 0.15) is 5.56 Å². The van der Waals surface area contributed by atoms with Gasteiger partial charge < -0.3 is 10.2 Å². The third-order valence-electron chi connectivity index (χ3n) is 4.96. The molecule has 0 radical (unpaired) electrons. The van der Waals surface area contributed by atoms with Crippen molar-refractivity contribution in [2.45, 2.75) is 19.3 Å². The molecule has 0 unspecified atom stereocenters. The summed E-state index contributed by atoms with van der Waals surface area (Å²) >= 11 is 1.05. The molecule has 0 atom stereocenters. The van der Waals surface area contributed by atoms with Crippen molar-refractivity contribution >= 4 is 27.5 Å². The number of thiophene rings is 1. The van der Waals surface area contributed by atoms with E-state index in [1.807, 2.05) is 0 Å². The topological polar surface area (TPSA) is 121 Å². The van der Waals surface area contributed by atoms with Gasteiger partial charge in [-0.15, -0.1) is 11.3 Å². The minimum atomic E-state index is -4.65. The second-order valence-corrected chi connectivity index (χ2v) is 8.00. The highest BCUT2D eigenvalue weighted by atomic mass is 32.1. The number of fused-ring (bicyclic) bond motifs is 1. The van der Waals surface area contributed by atoms with E-state index in [0.717, 1.165) is 17.4 Å². The van der Waals surface area contributed by atoms with E-state index < -0.39 is 34.6 Å². The molecule has 4 aromatic rings. The number of aromatic hydroxyl groups is 1. The third kappa shape index (κ3) is 4.06. The molecule has 4 rings (SSSR count). The molecule has 0 amide bonds. The van der Waals surface area contributed by atoms with Gasteiger partial charge in [0.25, 0.3) is 5.56 Å². The Hall–Kier alpha value is -4.11. The molecule has 0 spiro atoms. The van der Waals surface area contributed by atoms with Gasteiger partial charge in [0, 0.05) is 11.8 Å². The molecule has 3 aromatic heterocycles. The molecule has 3 heterocycles. The van der Waals surface area contributed by atoms with Crippen molar-refractivity contribution in [2.75, 3.05) is 0 Å². The number of hydrogen-bond acceptors (Lipinski definition) is 6. The normalized spacial score (nSPS) is 11.6. The second-order valence-electron chi connectivity index (χ2n) is 7.08. The van der Waals surface area contributed by atoms with Gasteiger partial charge >= 0.3 is 12.1 Å². The number of nitrogens with zero attached hydrogens (tertiary/aromatic N) is 4. The Morgan fingerprint density at radius 3 is 2.67 bits per heavy atom. The molecule has 0 fully saturated rings. The van der Waals surface area contributed by atoms with Crippen LogP contribution in [0.15, 0.2) is 46.8 Å². The molecule has 2 N–H and O–H groups in total. The summed E-state index contributed by atoms with van der Waals surface area (Å²) in [4.78, 5) is 24.1. The Labute approximate surface area is 187 Å². The highest BCUT2D eigenvalue weighted by Gasteiger charge is 2.33. The van der Waals surface area contributed by atoms with Gasteiger partial charge in [0.15, 0.2) is 5.75 Å². The second kappa shape index (κ2) is 8.10. The van der Waals surface area contributed by atoms with E-state index in [4.69, 9.17) is 5.26 Å². The molecular formula is C21H13F3N4O4S. The lowest BCUT2D eigenvalue weighted by Gasteiger charge is -2.13. The van der Waals surface area contributed by atoms with Crippen LogP contribution in [-0.4, -0.2) is 30.5 Å². The summed E-state index contributed by atoms with van der Waals surface area (Å²) in [7, 11) is 0. The van der Waals surface area contributed by atoms with Crippen molar-refractivity contribution < 1.29 is 28.2 Å². The molecule has 0 aliphatic heterocycles. The summed E-state index contributed by atoms with van der Waals surface area (Å²) in [5, 5.41) is 34.0. The average molecular weight is 474 g/mol. The number of hydrogen-bond donors (Lipinski definition) is 2. The Bertz CT molecular complexity index is 1490. The maximum Gasteiger partial charge on any atom is 0.416 e. The van der Waals surface area contributed by atoms with Crippen LogP contribution in [0.3, 0.4) is 0 Å². The largest absolute Gasteiger partial charge is 0.502 e. The van der Waals surface area contributed by atoms with Crippen molar-refractivity contribution in [1.29, 1.82) is 5.26 Å². The van der Waals surface area contributed by atoms with Gasteiger partial charge in [-0.2, -0.15) is 23.5 Å². The first-order chi connectivity index (χ1) is 15.6. The van der Waals surface area contributed by atoms with Gasteiger partial charge in [0.2, 0.25) is 0 Å². The van der Waals surface area contributed by atoms with E-state index in [0.29, 0.717) is 11.1 Å². The van der Waals surface area contributed by atoms with E-state index in [-0.39, 0.29) is 28.9 Å². The van der Waals surface area contributed by atoms with Crippen molar-refractivity contribution in [3.8, 4) is 11.8 Å². The number of rotatable bonds is 5. The number of nitriles is 1. The number of benzene rings is 1. The quantitative estimate of drug-likeness (QED) is 0.456. The van der Waals surface area contributed by atoms with Crippen molar-refractivity contribution in [2.24, 2.45) is 0 Å². The summed E-state index contributed by atoms with van der Waals surface area (Å²) in [6, 6.07) is 6.51. The predicted octanol–water partition coefficient (Wildman–Crippen LogP) is 3.65. The fourth-order valence-corrected chi connectivity index (χ4v) is 4.42. The van der Waals surface area contributed by atoms with Crippen LogP contribution in [0.4, 0.5) is 13.2 Å². The molecule has 0 bridgehead atoms. The fourth-order valence-electron chi connectivity index (χ4n) is 3.49. The first kappa shape index (κ1) is 22.1. The zero-order valence-corrected chi connectivity index (χ0v) is 17.3. The van der Waals surface area contributed by atoms with E-state index >= 15 is 0 Å². The highest BCUT2D eigenvalue weighted by molar-refractivity contribution is 7.17. The standard InChI is InChI=1S/C21H13F3N4O4S/c22-21(23,24)14-5-11(6-25)1-2-13(14)10-27-8-12(7-26-27)9-28-15-3-4-33-18(15)16(20(31)32)17(29)19(28)30/h1-5,7-8,29H,9-10H2,(H,31,32). The number of carboxylic acid groups (broad SMARTS) is 1. The molecule has 0 aliphatic carbocycles. The Balaban J connectivity index is 1.68. The lowest BCUT2D eigenvalue weighted by Crippen LogP contribution is -2.22. The number of aromatic carboxylic acids is 1.